The number of nitrogens with zero attached hydrogens (tertiary/aromatic N) is 5. The van der Waals surface area contributed by atoms with Crippen molar-refractivity contribution in [2.75, 3.05) is 0 Å². The van der Waals surface area contributed by atoms with Gasteiger partial charge in [0.05, 0.1) is 0 Å². The molecule has 7 nitrogen and oxygen atoms in total. The van der Waals surface area contributed by atoms with Gasteiger partial charge in [0, 0.05) is 41.0 Å². The Hall–Kier alpha value is -4.39. The molecule has 0 saturated heterocycles. The molecule has 0 unspecified atom stereocenters. The number of aryl methyl sites for hydroxylation is 2. The molecule has 0 atom stereocenters. The van der Waals surface area contributed by atoms with Crippen molar-refractivity contribution in [1.82, 2.24) is 30.6 Å². The Morgan fingerprint density at radius 1 is 0.882 bits per heavy atom. The van der Waals surface area contributed by atoms with Crippen LogP contribution < -0.4 is 4.74 Å². The summed E-state index contributed by atoms with van der Waals surface area (Å²) < 4.78 is 6.39. The second-order valence-electron chi connectivity index (χ2n) is 7.93. The number of tetrazole rings is 1. The Kier molecular flexibility index (Phi) is 6.07. The molecule has 0 aliphatic heterocycles. The predicted molar refractivity (Wildman–Crippen MR) is 131 cm³/mol. The maximum absolute atomic E-state index is 6.39. The SMILES string of the molecule is CCc1cc(OCc2ccc(-c3ccccc3)c(-c3nn[nH]n3)c2)c(-c2ccncc2)c(C)n1. The highest BCUT2D eigenvalue weighted by molar-refractivity contribution is 5.81. The summed E-state index contributed by atoms with van der Waals surface area (Å²) in [4.78, 5) is 8.89. The third-order valence-electron chi connectivity index (χ3n) is 5.70. The van der Waals surface area contributed by atoms with E-state index in [1.165, 1.54) is 0 Å². The molecule has 34 heavy (non-hydrogen) atoms. The zero-order chi connectivity index (χ0) is 23.3. The van der Waals surface area contributed by atoms with E-state index in [9.17, 15) is 0 Å². The van der Waals surface area contributed by atoms with Gasteiger partial charge >= 0.3 is 0 Å². The van der Waals surface area contributed by atoms with Crippen molar-refractivity contribution in [1.29, 1.82) is 0 Å². The lowest BCUT2D eigenvalue weighted by Crippen LogP contribution is -2.02. The van der Waals surface area contributed by atoms with Gasteiger partial charge in [0.15, 0.2) is 0 Å². The van der Waals surface area contributed by atoms with E-state index < -0.39 is 0 Å². The number of benzene rings is 2. The van der Waals surface area contributed by atoms with E-state index in [2.05, 4.69) is 62.9 Å². The number of pyridine rings is 2. The summed E-state index contributed by atoms with van der Waals surface area (Å²) in [6.07, 6.45) is 4.40. The van der Waals surface area contributed by atoms with Gasteiger partial charge in [0.2, 0.25) is 5.82 Å². The predicted octanol–water partition coefficient (Wildman–Crippen LogP) is 5.44. The van der Waals surface area contributed by atoms with Crippen LogP contribution in [0.3, 0.4) is 0 Å². The first-order valence-corrected chi connectivity index (χ1v) is 11.2. The van der Waals surface area contributed by atoms with Crippen molar-refractivity contribution in [2.24, 2.45) is 0 Å². The topological polar surface area (TPSA) is 89.5 Å². The zero-order valence-corrected chi connectivity index (χ0v) is 19.1. The van der Waals surface area contributed by atoms with Crippen LogP contribution in [0.15, 0.2) is 79.1 Å². The largest absolute Gasteiger partial charge is 0.488 e. The summed E-state index contributed by atoms with van der Waals surface area (Å²) in [6, 6.07) is 22.4. The van der Waals surface area contributed by atoms with Gasteiger partial charge in [-0.05, 0) is 59.0 Å². The van der Waals surface area contributed by atoms with Crippen molar-refractivity contribution in [3.05, 3.63) is 96.1 Å². The van der Waals surface area contributed by atoms with Crippen LogP contribution in [0.5, 0.6) is 5.75 Å². The first-order chi connectivity index (χ1) is 16.7. The molecule has 5 aromatic rings. The lowest BCUT2D eigenvalue weighted by atomic mass is 9.97. The highest BCUT2D eigenvalue weighted by Crippen LogP contribution is 2.35. The van der Waals surface area contributed by atoms with Crippen LogP contribution in [-0.4, -0.2) is 30.6 Å². The molecule has 2 aromatic carbocycles. The minimum absolute atomic E-state index is 0.393. The van der Waals surface area contributed by atoms with Gasteiger partial charge in [-0.1, -0.05) is 49.4 Å². The summed E-state index contributed by atoms with van der Waals surface area (Å²) in [5.74, 6) is 1.36. The molecule has 0 fully saturated rings. The summed E-state index contributed by atoms with van der Waals surface area (Å²) in [5, 5.41) is 14.7. The zero-order valence-electron chi connectivity index (χ0n) is 19.1. The van der Waals surface area contributed by atoms with Gasteiger partial charge in [-0.15, -0.1) is 10.2 Å². The number of H-pyrrole nitrogens is 1. The standard InChI is InChI=1S/C27H24N6O/c1-3-22-16-25(26(18(2)29-22)21-11-13-28-14-12-21)34-17-19-9-10-23(20-7-5-4-6-8-20)24(15-19)27-30-32-33-31-27/h4-16H,3,17H2,1-2H3,(H,30,31,32,33). The Balaban J connectivity index is 1.51. The van der Waals surface area contributed by atoms with Gasteiger partial charge in [-0.25, -0.2) is 0 Å². The van der Waals surface area contributed by atoms with Crippen LogP contribution >= 0.6 is 0 Å². The average molecular weight is 449 g/mol. The monoisotopic (exact) mass is 448 g/mol. The maximum atomic E-state index is 6.39. The van der Waals surface area contributed by atoms with Crippen molar-refractivity contribution in [3.63, 3.8) is 0 Å². The second kappa shape index (κ2) is 9.62. The van der Waals surface area contributed by atoms with Crippen molar-refractivity contribution in [3.8, 4) is 39.4 Å². The number of ether oxygens (including phenoxy) is 1. The van der Waals surface area contributed by atoms with Gasteiger partial charge < -0.3 is 4.74 Å². The molecule has 3 aromatic heterocycles. The minimum atomic E-state index is 0.393. The van der Waals surface area contributed by atoms with Crippen LogP contribution in [0.1, 0.15) is 23.9 Å². The molecule has 0 bridgehead atoms. The molecule has 0 radical (unpaired) electrons. The van der Waals surface area contributed by atoms with Crippen LogP contribution in [0.25, 0.3) is 33.6 Å². The highest BCUT2D eigenvalue weighted by atomic mass is 16.5. The number of nitrogens with one attached hydrogen (secondary N) is 1. The molecule has 5 rings (SSSR count). The van der Waals surface area contributed by atoms with Gasteiger partial charge in [0.25, 0.3) is 0 Å². The number of aromatic nitrogens is 6. The van der Waals surface area contributed by atoms with E-state index in [0.29, 0.717) is 12.4 Å². The number of hydrogen-bond acceptors (Lipinski definition) is 6. The summed E-state index contributed by atoms with van der Waals surface area (Å²) in [6.45, 7) is 4.51. The molecule has 0 amide bonds. The van der Waals surface area contributed by atoms with Gasteiger partial charge in [0.1, 0.15) is 12.4 Å². The fourth-order valence-electron chi connectivity index (χ4n) is 4.04. The van der Waals surface area contributed by atoms with E-state index in [0.717, 1.165) is 56.9 Å². The first-order valence-electron chi connectivity index (χ1n) is 11.2. The van der Waals surface area contributed by atoms with Crippen LogP contribution in [0.2, 0.25) is 0 Å². The number of rotatable bonds is 7. The Bertz CT molecular complexity index is 1390. The fraction of sp³-hybridized carbons (Fsp3) is 0.148. The van der Waals surface area contributed by atoms with E-state index in [1.54, 1.807) is 12.4 Å². The second-order valence-corrected chi connectivity index (χ2v) is 7.93. The van der Waals surface area contributed by atoms with Crippen LogP contribution in [0, 0.1) is 6.92 Å². The summed E-state index contributed by atoms with van der Waals surface area (Å²) in [7, 11) is 0. The number of hydrogen-bond donors (Lipinski definition) is 1. The lowest BCUT2D eigenvalue weighted by molar-refractivity contribution is 0.306. The molecule has 0 spiro atoms. The molecular formula is C27H24N6O. The molecule has 0 saturated carbocycles. The first kappa shape index (κ1) is 21.5. The molecule has 1 N–H and O–H groups in total. The average Bonchev–Trinajstić information content (AvgIpc) is 3.43. The van der Waals surface area contributed by atoms with Gasteiger partial charge in [-0.2, -0.15) is 5.21 Å². The third-order valence-corrected chi connectivity index (χ3v) is 5.70. The van der Waals surface area contributed by atoms with Crippen molar-refractivity contribution >= 4 is 0 Å². The Morgan fingerprint density at radius 2 is 1.71 bits per heavy atom. The number of aromatic amines is 1. The van der Waals surface area contributed by atoms with E-state index >= 15 is 0 Å². The Morgan fingerprint density at radius 3 is 2.44 bits per heavy atom. The smallest absolute Gasteiger partial charge is 0.205 e. The highest BCUT2D eigenvalue weighted by Gasteiger charge is 2.15. The molecular weight excluding hydrogens is 424 g/mol. The van der Waals surface area contributed by atoms with Crippen molar-refractivity contribution in [2.45, 2.75) is 26.9 Å². The maximum Gasteiger partial charge on any atom is 0.205 e. The van der Waals surface area contributed by atoms with Crippen LogP contribution in [-0.2, 0) is 13.0 Å². The quantitative estimate of drug-likeness (QED) is 0.357. The summed E-state index contributed by atoms with van der Waals surface area (Å²) >= 11 is 0. The fourth-order valence-corrected chi connectivity index (χ4v) is 4.04. The Labute approximate surface area is 197 Å². The van der Waals surface area contributed by atoms with Crippen molar-refractivity contribution < 1.29 is 4.74 Å². The van der Waals surface area contributed by atoms with E-state index in [-0.39, 0.29) is 0 Å². The lowest BCUT2D eigenvalue weighted by Gasteiger charge is -2.16. The molecule has 168 valence electrons. The molecule has 3 heterocycles. The summed E-state index contributed by atoms with van der Waals surface area (Å²) in [5.41, 5.74) is 7.99. The minimum Gasteiger partial charge on any atom is -0.488 e. The van der Waals surface area contributed by atoms with Gasteiger partial charge in [-0.3, -0.25) is 9.97 Å². The molecule has 0 aliphatic rings. The van der Waals surface area contributed by atoms with Crippen LogP contribution in [0.4, 0.5) is 0 Å². The molecule has 7 heteroatoms. The molecule has 0 aliphatic carbocycles. The van der Waals surface area contributed by atoms with E-state index in [4.69, 9.17) is 9.72 Å². The normalized spacial score (nSPS) is 10.9. The third kappa shape index (κ3) is 4.41. The van der Waals surface area contributed by atoms with E-state index in [1.807, 2.05) is 43.3 Å².